The second-order valence-corrected chi connectivity index (χ2v) is 13.4. The molecule has 0 fully saturated rings. The van der Waals surface area contributed by atoms with Crippen LogP contribution in [0.2, 0.25) is 0 Å². The molecule has 51 heavy (non-hydrogen) atoms. The van der Waals surface area contributed by atoms with Crippen LogP contribution in [0, 0.1) is 0 Å². The number of allylic oxidation sites excluding steroid dienone is 2. The number of carbonyl (C=O) groups excluding carboxylic acids is 2. The Hall–Kier alpha value is -5.57. The number of hydrogen-bond acceptors (Lipinski definition) is 8. The molecule has 6 aromatic rings. The van der Waals surface area contributed by atoms with E-state index in [1.807, 2.05) is 67.5 Å². The molecule has 0 bridgehead atoms. The molecule has 1 heterocycles. The number of fused-ring (bicyclic) bond motifs is 5. The summed E-state index contributed by atoms with van der Waals surface area (Å²) in [6.07, 6.45) is 5.69. The Kier molecular flexibility index (Phi) is 9.79. The van der Waals surface area contributed by atoms with Crippen molar-refractivity contribution in [3.8, 4) is 5.75 Å². The molecule has 1 unspecified atom stereocenters. The predicted molar refractivity (Wildman–Crippen MR) is 202 cm³/mol. The van der Waals surface area contributed by atoms with Crippen LogP contribution in [0.15, 0.2) is 112 Å². The SMILES string of the molecule is CN(C)CCNc1ccc(CO)c2oc3ccc(OC(=O)CC(CCc4ccccc4)c4cc5c(c6ccccc46)CC=CC5=O)cc3c(=O)c12. The molecule has 258 valence electrons. The third-order valence-corrected chi connectivity index (χ3v) is 9.67. The van der Waals surface area contributed by atoms with Gasteiger partial charge in [0, 0.05) is 29.9 Å². The second-order valence-electron chi connectivity index (χ2n) is 13.4. The zero-order valence-corrected chi connectivity index (χ0v) is 28.8. The highest BCUT2D eigenvalue weighted by atomic mass is 16.5. The van der Waals surface area contributed by atoms with E-state index in [9.17, 15) is 19.5 Å². The molecule has 5 aromatic carbocycles. The van der Waals surface area contributed by atoms with Gasteiger partial charge in [-0.15, -0.1) is 0 Å². The van der Waals surface area contributed by atoms with E-state index in [1.54, 1.807) is 36.4 Å². The van der Waals surface area contributed by atoms with E-state index in [2.05, 4.69) is 23.5 Å². The van der Waals surface area contributed by atoms with Crippen molar-refractivity contribution in [1.29, 1.82) is 0 Å². The minimum atomic E-state index is -0.445. The molecular weight excluding hydrogens is 640 g/mol. The lowest BCUT2D eigenvalue weighted by Crippen LogP contribution is -2.21. The summed E-state index contributed by atoms with van der Waals surface area (Å²) in [5.41, 5.74) is 5.27. The number of ketones is 1. The van der Waals surface area contributed by atoms with Gasteiger partial charge in [0.05, 0.1) is 23.8 Å². The normalized spacial score (nSPS) is 13.2. The molecule has 2 N–H and O–H groups in total. The molecule has 7 rings (SSSR count). The van der Waals surface area contributed by atoms with E-state index in [0.29, 0.717) is 52.8 Å². The smallest absolute Gasteiger partial charge is 0.311 e. The highest BCUT2D eigenvalue weighted by Gasteiger charge is 2.25. The molecule has 1 aliphatic rings. The summed E-state index contributed by atoms with van der Waals surface area (Å²) in [7, 11) is 3.94. The van der Waals surface area contributed by atoms with Gasteiger partial charge in [0.2, 0.25) is 5.43 Å². The fourth-order valence-electron chi connectivity index (χ4n) is 7.08. The van der Waals surface area contributed by atoms with Crippen LogP contribution in [0.25, 0.3) is 32.7 Å². The van der Waals surface area contributed by atoms with Crippen molar-refractivity contribution in [3.63, 3.8) is 0 Å². The van der Waals surface area contributed by atoms with Crippen LogP contribution < -0.4 is 15.5 Å². The van der Waals surface area contributed by atoms with Gasteiger partial charge >= 0.3 is 5.97 Å². The number of ether oxygens (including phenoxy) is 1. The number of carbonyl (C=O) groups is 2. The van der Waals surface area contributed by atoms with Crippen molar-refractivity contribution in [1.82, 2.24) is 4.90 Å². The first-order valence-corrected chi connectivity index (χ1v) is 17.3. The Labute approximate surface area is 296 Å². The third-order valence-electron chi connectivity index (χ3n) is 9.67. The third kappa shape index (κ3) is 7.06. The first-order chi connectivity index (χ1) is 24.8. The number of aryl methyl sites for hydroxylation is 1. The lowest BCUT2D eigenvalue weighted by Gasteiger charge is -2.23. The van der Waals surface area contributed by atoms with Crippen LogP contribution in [0.4, 0.5) is 5.69 Å². The summed E-state index contributed by atoms with van der Waals surface area (Å²) in [6, 6.07) is 28.5. The Morgan fingerprint density at radius 3 is 2.51 bits per heavy atom. The molecule has 1 aliphatic carbocycles. The van der Waals surface area contributed by atoms with Crippen molar-refractivity contribution in [3.05, 3.63) is 141 Å². The maximum Gasteiger partial charge on any atom is 0.311 e. The molecule has 0 amide bonds. The van der Waals surface area contributed by atoms with Gasteiger partial charge in [-0.05, 0) is 103 Å². The van der Waals surface area contributed by atoms with E-state index in [0.717, 1.165) is 40.4 Å². The number of hydrogen-bond donors (Lipinski definition) is 2. The van der Waals surface area contributed by atoms with Crippen LogP contribution in [0.1, 0.15) is 51.4 Å². The van der Waals surface area contributed by atoms with Crippen molar-refractivity contribution in [2.24, 2.45) is 0 Å². The number of anilines is 1. The molecule has 0 spiro atoms. The van der Waals surface area contributed by atoms with Crippen LogP contribution in [0.3, 0.4) is 0 Å². The zero-order valence-electron chi connectivity index (χ0n) is 28.8. The van der Waals surface area contributed by atoms with E-state index in [4.69, 9.17) is 9.15 Å². The number of likely N-dealkylation sites (N-methyl/N-ethyl adjacent to an activating group) is 1. The highest BCUT2D eigenvalue weighted by molar-refractivity contribution is 6.11. The quantitative estimate of drug-likeness (QED) is 0.0774. The first-order valence-electron chi connectivity index (χ1n) is 17.3. The average Bonchev–Trinajstić information content (AvgIpc) is 3.14. The van der Waals surface area contributed by atoms with Gasteiger partial charge in [0.25, 0.3) is 0 Å². The fourth-order valence-corrected chi connectivity index (χ4v) is 7.08. The van der Waals surface area contributed by atoms with E-state index >= 15 is 0 Å². The average molecular weight is 681 g/mol. The molecule has 0 saturated heterocycles. The van der Waals surface area contributed by atoms with Gasteiger partial charge in [-0.25, -0.2) is 0 Å². The van der Waals surface area contributed by atoms with Crippen molar-refractivity contribution >= 4 is 50.2 Å². The minimum Gasteiger partial charge on any atom is -0.455 e. The summed E-state index contributed by atoms with van der Waals surface area (Å²) in [5.74, 6) is -0.484. The number of aliphatic hydroxyl groups excluding tert-OH is 1. The molecule has 1 aromatic heterocycles. The molecule has 1 atom stereocenters. The topological polar surface area (TPSA) is 109 Å². The predicted octanol–water partition coefficient (Wildman–Crippen LogP) is 7.57. The molecule has 8 nitrogen and oxygen atoms in total. The molecule has 8 heteroatoms. The van der Waals surface area contributed by atoms with E-state index in [-0.39, 0.29) is 41.3 Å². The standard InChI is InChI=1S/C43H40N2O6/c1-45(2)22-21-44-37-19-17-29(26-46)43-41(37)42(49)36-24-30(18-20-39(36)51-43)50-40(48)23-28(16-15-27-9-4-3-5-10-27)34-25-35-33(13-8-14-38(35)47)31-11-6-7-12-32(31)34/h3-12,14,17-20,24-25,28,44,46H,13,15-16,21-23,26H2,1-2H3. The fraction of sp³-hybridized carbons (Fsp3) is 0.233. The minimum absolute atomic E-state index is 0.0303. The highest BCUT2D eigenvalue weighted by Crippen LogP contribution is 2.37. The Bertz CT molecular complexity index is 2360. The van der Waals surface area contributed by atoms with E-state index < -0.39 is 5.97 Å². The monoisotopic (exact) mass is 680 g/mol. The maximum absolute atomic E-state index is 14.0. The van der Waals surface area contributed by atoms with Crippen LogP contribution in [-0.2, 0) is 24.2 Å². The summed E-state index contributed by atoms with van der Waals surface area (Å²) in [4.78, 5) is 42.9. The van der Waals surface area contributed by atoms with Crippen LogP contribution in [-0.4, -0.2) is 48.9 Å². The summed E-state index contributed by atoms with van der Waals surface area (Å²) >= 11 is 0. The van der Waals surface area contributed by atoms with Crippen molar-refractivity contribution < 1.29 is 23.8 Å². The van der Waals surface area contributed by atoms with Gasteiger partial charge in [0.1, 0.15) is 16.9 Å². The number of rotatable bonds is 12. The lowest BCUT2D eigenvalue weighted by molar-refractivity contribution is -0.134. The van der Waals surface area contributed by atoms with Gasteiger partial charge in [-0.1, -0.05) is 66.7 Å². The molecular formula is C43H40N2O6. The van der Waals surface area contributed by atoms with Gasteiger partial charge in [-0.3, -0.25) is 14.4 Å². The number of esters is 1. The first kappa shape index (κ1) is 33.9. The molecule has 0 radical (unpaired) electrons. The maximum atomic E-state index is 14.0. The largest absolute Gasteiger partial charge is 0.455 e. The zero-order chi connectivity index (χ0) is 35.5. The van der Waals surface area contributed by atoms with Crippen molar-refractivity contribution in [2.75, 3.05) is 32.5 Å². The van der Waals surface area contributed by atoms with Crippen molar-refractivity contribution in [2.45, 2.75) is 38.2 Å². The summed E-state index contributed by atoms with van der Waals surface area (Å²) in [6.45, 7) is 1.07. The van der Waals surface area contributed by atoms with Crippen LogP contribution in [0.5, 0.6) is 5.75 Å². The number of aliphatic hydroxyl groups is 1. The molecule has 0 saturated carbocycles. The lowest BCUT2D eigenvalue weighted by atomic mass is 9.81. The number of benzene rings is 5. The molecule has 0 aliphatic heterocycles. The van der Waals surface area contributed by atoms with Gasteiger partial charge in [-0.2, -0.15) is 0 Å². The van der Waals surface area contributed by atoms with Gasteiger partial charge in [0.15, 0.2) is 5.78 Å². The van der Waals surface area contributed by atoms with Crippen LogP contribution >= 0.6 is 0 Å². The Balaban J connectivity index is 1.22. The Morgan fingerprint density at radius 1 is 0.941 bits per heavy atom. The number of nitrogens with one attached hydrogen (secondary N) is 1. The second kappa shape index (κ2) is 14.7. The number of nitrogens with zero attached hydrogens (tertiary/aromatic N) is 1. The Morgan fingerprint density at radius 2 is 1.73 bits per heavy atom. The summed E-state index contributed by atoms with van der Waals surface area (Å²) in [5, 5.41) is 16.0. The van der Waals surface area contributed by atoms with E-state index in [1.165, 1.54) is 0 Å². The summed E-state index contributed by atoms with van der Waals surface area (Å²) < 4.78 is 12.1. The van der Waals surface area contributed by atoms with Gasteiger partial charge < -0.3 is 24.5 Å².